The summed E-state index contributed by atoms with van der Waals surface area (Å²) < 4.78 is 5.96. The Labute approximate surface area is 155 Å². The van der Waals surface area contributed by atoms with E-state index in [4.69, 9.17) is 4.74 Å². The second kappa shape index (κ2) is 8.87. The Balaban J connectivity index is 2.10. The molecule has 0 unspecified atom stereocenters. The Morgan fingerprint density at radius 2 is 1.46 bits per heavy atom. The molecule has 0 amide bonds. The maximum absolute atomic E-state index is 9.90. The molecule has 26 heavy (non-hydrogen) atoms. The first-order chi connectivity index (χ1) is 12.8. The highest BCUT2D eigenvalue weighted by molar-refractivity contribution is 5.89. The third kappa shape index (κ3) is 3.95. The number of rotatable bonds is 7. The average Bonchev–Trinajstić information content (AvgIpc) is 2.72. The second-order valence-corrected chi connectivity index (χ2v) is 6.26. The highest BCUT2D eigenvalue weighted by Crippen LogP contribution is 2.39. The van der Waals surface area contributed by atoms with Crippen LogP contribution in [0.3, 0.4) is 0 Å². The van der Waals surface area contributed by atoms with Gasteiger partial charge in [-0.05, 0) is 35.2 Å². The SMILES string of the molecule is CCCCCOc1ccc(-c2ccccc2)c(-c2ccccc2)c1C#N. The van der Waals surface area contributed by atoms with Crippen LogP contribution in [0.4, 0.5) is 0 Å². The molecule has 0 aliphatic heterocycles. The Kier molecular flexibility index (Phi) is 6.06. The highest BCUT2D eigenvalue weighted by Gasteiger charge is 2.17. The molecule has 0 bridgehead atoms. The van der Waals surface area contributed by atoms with Gasteiger partial charge in [-0.15, -0.1) is 0 Å². The molecule has 3 aromatic carbocycles. The lowest BCUT2D eigenvalue weighted by Crippen LogP contribution is -2.01. The number of nitriles is 1. The molecule has 0 heterocycles. The molecule has 0 atom stereocenters. The largest absolute Gasteiger partial charge is 0.492 e. The van der Waals surface area contributed by atoms with Gasteiger partial charge in [-0.2, -0.15) is 5.26 Å². The second-order valence-electron chi connectivity index (χ2n) is 6.26. The highest BCUT2D eigenvalue weighted by atomic mass is 16.5. The summed E-state index contributed by atoms with van der Waals surface area (Å²) in [7, 11) is 0. The van der Waals surface area contributed by atoms with E-state index in [-0.39, 0.29) is 0 Å². The Hall–Kier alpha value is -3.05. The first-order valence-corrected chi connectivity index (χ1v) is 9.16. The standard InChI is InChI=1S/C24H23NO/c1-2-3-10-17-26-23-16-15-21(19-11-6-4-7-12-19)24(22(23)18-25)20-13-8-5-9-14-20/h4-9,11-16H,2-3,10,17H2,1H3. The fourth-order valence-electron chi connectivity index (χ4n) is 3.11. The van der Waals surface area contributed by atoms with E-state index in [1.54, 1.807) is 0 Å². The minimum atomic E-state index is 0.606. The Bertz CT molecular complexity index is 879. The molecule has 3 rings (SSSR count). The predicted molar refractivity (Wildman–Crippen MR) is 107 cm³/mol. The maximum Gasteiger partial charge on any atom is 0.137 e. The molecule has 0 aliphatic rings. The lowest BCUT2D eigenvalue weighted by atomic mass is 9.90. The van der Waals surface area contributed by atoms with Gasteiger partial charge in [0.05, 0.1) is 6.61 Å². The molecule has 0 saturated heterocycles. The van der Waals surface area contributed by atoms with Crippen molar-refractivity contribution in [3.8, 4) is 34.1 Å². The molecule has 130 valence electrons. The van der Waals surface area contributed by atoms with E-state index in [0.29, 0.717) is 17.9 Å². The monoisotopic (exact) mass is 341 g/mol. The van der Waals surface area contributed by atoms with E-state index in [1.807, 2.05) is 54.6 Å². The van der Waals surface area contributed by atoms with Gasteiger partial charge in [0.2, 0.25) is 0 Å². The van der Waals surface area contributed by atoms with Crippen molar-refractivity contribution in [2.24, 2.45) is 0 Å². The molecule has 0 radical (unpaired) electrons. The minimum absolute atomic E-state index is 0.606. The van der Waals surface area contributed by atoms with Crippen LogP contribution in [0.15, 0.2) is 72.8 Å². The van der Waals surface area contributed by atoms with E-state index in [0.717, 1.165) is 41.5 Å². The van der Waals surface area contributed by atoms with Gasteiger partial charge in [-0.25, -0.2) is 0 Å². The van der Waals surface area contributed by atoms with Crippen LogP contribution in [0.25, 0.3) is 22.3 Å². The first kappa shape index (κ1) is 17.8. The molecule has 0 spiro atoms. The van der Waals surface area contributed by atoms with Gasteiger partial charge in [0, 0.05) is 5.56 Å². The van der Waals surface area contributed by atoms with Crippen molar-refractivity contribution in [3.05, 3.63) is 78.4 Å². The summed E-state index contributed by atoms with van der Waals surface area (Å²) in [6, 6.07) is 26.6. The molecule has 0 N–H and O–H groups in total. The lowest BCUT2D eigenvalue weighted by Gasteiger charge is -2.16. The number of nitrogens with zero attached hydrogens (tertiary/aromatic N) is 1. The van der Waals surface area contributed by atoms with Gasteiger partial charge in [0.15, 0.2) is 0 Å². The summed E-state index contributed by atoms with van der Waals surface area (Å²) in [5.41, 5.74) is 4.72. The third-order valence-corrected chi connectivity index (χ3v) is 4.43. The Morgan fingerprint density at radius 1 is 0.808 bits per heavy atom. The number of unbranched alkanes of at least 4 members (excludes halogenated alkanes) is 2. The van der Waals surface area contributed by atoms with E-state index in [1.165, 1.54) is 0 Å². The molecular formula is C24H23NO. The van der Waals surface area contributed by atoms with Gasteiger partial charge >= 0.3 is 0 Å². The van der Waals surface area contributed by atoms with Gasteiger partial charge in [0.25, 0.3) is 0 Å². The van der Waals surface area contributed by atoms with Crippen LogP contribution in [-0.2, 0) is 0 Å². The van der Waals surface area contributed by atoms with Crippen molar-refractivity contribution in [2.45, 2.75) is 26.2 Å². The van der Waals surface area contributed by atoms with Crippen LogP contribution in [-0.4, -0.2) is 6.61 Å². The van der Waals surface area contributed by atoms with Crippen LogP contribution in [0.2, 0.25) is 0 Å². The van der Waals surface area contributed by atoms with Crippen LogP contribution in [0, 0.1) is 11.3 Å². The maximum atomic E-state index is 9.90. The quantitative estimate of drug-likeness (QED) is 0.462. The fourth-order valence-corrected chi connectivity index (χ4v) is 3.11. The molecule has 0 saturated carbocycles. The summed E-state index contributed by atoms with van der Waals surface area (Å²) in [5.74, 6) is 0.669. The van der Waals surface area contributed by atoms with Crippen LogP contribution < -0.4 is 4.74 Å². The number of hydrogen-bond donors (Lipinski definition) is 0. The predicted octanol–water partition coefficient (Wildman–Crippen LogP) is 6.46. The van der Waals surface area contributed by atoms with Gasteiger partial charge in [-0.3, -0.25) is 0 Å². The van der Waals surface area contributed by atoms with Gasteiger partial charge in [0.1, 0.15) is 17.4 Å². The summed E-state index contributed by atoms with van der Waals surface area (Å²) in [4.78, 5) is 0. The summed E-state index contributed by atoms with van der Waals surface area (Å²) >= 11 is 0. The van der Waals surface area contributed by atoms with Crippen molar-refractivity contribution in [3.63, 3.8) is 0 Å². The van der Waals surface area contributed by atoms with E-state index in [2.05, 4.69) is 31.2 Å². The van der Waals surface area contributed by atoms with Crippen molar-refractivity contribution < 1.29 is 4.74 Å². The van der Waals surface area contributed by atoms with E-state index >= 15 is 0 Å². The smallest absolute Gasteiger partial charge is 0.137 e. The minimum Gasteiger partial charge on any atom is -0.492 e. The molecule has 0 aliphatic carbocycles. The summed E-state index contributed by atoms with van der Waals surface area (Å²) in [5, 5.41) is 9.90. The lowest BCUT2D eigenvalue weighted by molar-refractivity contribution is 0.305. The number of hydrogen-bond acceptors (Lipinski definition) is 2. The molecule has 0 aromatic heterocycles. The third-order valence-electron chi connectivity index (χ3n) is 4.43. The average molecular weight is 341 g/mol. The summed E-state index contributed by atoms with van der Waals surface area (Å²) in [6.07, 6.45) is 3.29. The molecule has 2 heteroatoms. The van der Waals surface area contributed by atoms with Crippen molar-refractivity contribution >= 4 is 0 Å². The topological polar surface area (TPSA) is 33.0 Å². The van der Waals surface area contributed by atoms with Crippen molar-refractivity contribution in [1.82, 2.24) is 0 Å². The van der Waals surface area contributed by atoms with Crippen molar-refractivity contribution in [1.29, 1.82) is 5.26 Å². The van der Waals surface area contributed by atoms with Crippen LogP contribution in [0.1, 0.15) is 31.7 Å². The zero-order chi connectivity index (χ0) is 18.2. The summed E-state index contributed by atoms with van der Waals surface area (Å²) in [6.45, 7) is 2.81. The van der Waals surface area contributed by atoms with E-state index in [9.17, 15) is 5.26 Å². The zero-order valence-corrected chi connectivity index (χ0v) is 15.1. The number of benzene rings is 3. The number of ether oxygens (including phenoxy) is 1. The molecular weight excluding hydrogens is 318 g/mol. The van der Waals surface area contributed by atoms with Gasteiger partial charge < -0.3 is 4.74 Å². The normalized spacial score (nSPS) is 10.3. The molecule has 2 nitrogen and oxygen atoms in total. The zero-order valence-electron chi connectivity index (χ0n) is 15.1. The first-order valence-electron chi connectivity index (χ1n) is 9.16. The van der Waals surface area contributed by atoms with E-state index < -0.39 is 0 Å². The molecule has 0 fully saturated rings. The fraction of sp³-hybridized carbons (Fsp3) is 0.208. The van der Waals surface area contributed by atoms with Crippen LogP contribution >= 0.6 is 0 Å². The van der Waals surface area contributed by atoms with Crippen molar-refractivity contribution in [2.75, 3.05) is 6.61 Å². The van der Waals surface area contributed by atoms with Gasteiger partial charge in [-0.1, -0.05) is 80.4 Å². The molecule has 3 aromatic rings. The Morgan fingerprint density at radius 3 is 2.08 bits per heavy atom. The van der Waals surface area contributed by atoms with Crippen LogP contribution in [0.5, 0.6) is 5.75 Å².